The summed E-state index contributed by atoms with van der Waals surface area (Å²) in [5, 5.41) is 0.862. The van der Waals surface area contributed by atoms with Crippen LogP contribution in [0.2, 0.25) is 10.0 Å². The van der Waals surface area contributed by atoms with E-state index in [2.05, 4.69) is 9.97 Å². The van der Waals surface area contributed by atoms with Gasteiger partial charge in [0.2, 0.25) is 11.8 Å². The smallest absolute Gasteiger partial charge is 0.239 e. The van der Waals surface area contributed by atoms with E-state index in [9.17, 15) is 4.79 Å². The van der Waals surface area contributed by atoms with Crippen molar-refractivity contribution in [1.82, 2.24) is 14.9 Å². The Morgan fingerprint density at radius 3 is 2.58 bits per heavy atom. The highest BCUT2D eigenvalue weighted by atomic mass is 35.5. The molecule has 0 radical (unpaired) electrons. The molecule has 0 aliphatic carbocycles. The Labute approximate surface area is 151 Å². The normalized spacial score (nSPS) is 10.4. The van der Waals surface area contributed by atoms with Crippen molar-refractivity contribution in [2.75, 3.05) is 32.1 Å². The van der Waals surface area contributed by atoms with Gasteiger partial charge in [-0.25, -0.2) is 0 Å². The van der Waals surface area contributed by atoms with Crippen molar-refractivity contribution in [2.24, 2.45) is 0 Å². The van der Waals surface area contributed by atoms with Crippen molar-refractivity contribution in [3.8, 4) is 11.6 Å². The molecule has 2 aromatic rings. The predicted molar refractivity (Wildman–Crippen MR) is 95.1 cm³/mol. The number of hydrogen-bond donors (Lipinski definition) is 0. The van der Waals surface area contributed by atoms with E-state index in [4.69, 9.17) is 27.9 Å². The minimum atomic E-state index is 0.0196. The van der Waals surface area contributed by atoms with Gasteiger partial charge in [-0.05, 0) is 12.1 Å². The van der Waals surface area contributed by atoms with E-state index >= 15 is 0 Å². The van der Waals surface area contributed by atoms with Gasteiger partial charge in [-0.1, -0.05) is 23.2 Å². The minimum absolute atomic E-state index is 0.0196. The Kier molecular flexibility index (Phi) is 6.23. The van der Waals surface area contributed by atoms with E-state index in [0.29, 0.717) is 40.6 Å². The fraction of sp³-hybridized carbons (Fsp3) is 0.312. The first-order chi connectivity index (χ1) is 11.4. The molecule has 1 aromatic carbocycles. The quantitative estimate of drug-likeness (QED) is 0.780. The summed E-state index contributed by atoms with van der Waals surface area (Å²) in [5.41, 5.74) is 0. The van der Waals surface area contributed by atoms with Crippen LogP contribution in [0.15, 0.2) is 30.6 Å². The lowest BCUT2D eigenvalue weighted by molar-refractivity contribution is -0.127. The molecule has 128 valence electrons. The van der Waals surface area contributed by atoms with Crippen molar-refractivity contribution in [1.29, 1.82) is 0 Å². The summed E-state index contributed by atoms with van der Waals surface area (Å²) in [6, 6.07) is 4.97. The lowest BCUT2D eigenvalue weighted by Gasteiger charge is -2.22. The Morgan fingerprint density at radius 2 is 1.92 bits per heavy atom. The molecular weight excluding hydrogens is 351 g/mol. The highest BCUT2D eigenvalue weighted by Crippen LogP contribution is 2.29. The third-order valence-electron chi connectivity index (χ3n) is 3.41. The molecular formula is C16H18Cl2N4O2. The van der Waals surface area contributed by atoms with Crippen molar-refractivity contribution < 1.29 is 9.53 Å². The summed E-state index contributed by atoms with van der Waals surface area (Å²) in [6.07, 6.45) is 3.15. The van der Waals surface area contributed by atoms with Gasteiger partial charge in [0.1, 0.15) is 5.75 Å². The van der Waals surface area contributed by atoms with Crippen LogP contribution in [-0.2, 0) is 4.79 Å². The molecule has 24 heavy (non-hydrogen) atoms. The van der Waals surface area contributed by atoms with Gasteiger partial charge < -0.3 is 14.5 Å². The molecule has 0 bridgehead atoms. The number of halogens is 2. The van der Waals surface area contributed by atoms with E-state index in [-0.39, 0.29) is 5.91 Å². The average Bonchev–Trinajstić information content (AvgIpc) is 2.55. The van der Waals surface area contributed by atoms with Crippen LogP contribution in [0.25, 0.3) is 0 Å². The van der Waals surface area contributed by atoms with Crippen LogP contribution >= 0.6 is 23.2 Å². The second-order valence-electron chi connectivity index (χ2n) is 5.26. The predicted octanol–water partition coefficient (Wildman–Crippen LogP) is 3.49. The molecule has 0 aliphatic heterocycles. The van der Waals surface area contributed by atoms with Gasteiger partial charge in [0.15, 0.2) is 5.82 Å². The molecule has 8 heteroatoms. The van der Waals surface area contributed by atoms with E-state index in [0.717, 1.165) is 0 Å². The molecule has 0 saturated heterocycles. The number of benzene rings is 1. The monoisotopic (exact) mass is 368 g/mol. The molecule has 1 aromatic heterocycles. The lowest BCUT2D eigenvalue weighted by Crippen LogP contribution is -2.33. The number of aromatic nitrogens is 2. The molecule has 0 unspecified atom stereocenters. The Balaban J connectivity index is 2.05. The van der Waals surface area contributed by atoms with Crippen LogP contribution in [0, 0.1) is 0 Å². The maximum absolute atomic E-state index is 11.2. The van der Waals surface area contributed by atoms with Crippen LogP contribution in [0.1, 0.15) is 6.92 Å². The van der Waals surface area contributed by atoms with E-state index < -0.39 is 0 Å². The fourth-order valence-corrected chi connectivity index (χ4v) is 2.09. The van der Waals surface area contributed by atoms with Gasteiger partial charge in [-0.3, -0.25) is 9.78 Å². The average molecular weight is 369 g/mol. The van der Waals surface area contributed by atoms with E-state index in [1.165, 1.54) is 13.1 Å². The summed E-state index contributed by atoms with van der Waals surface area (Å²) in [7, 11) is 3.63. The zero-order chi connectivity index (χ0) is 17.7. The van der Waals surface area contributed by atoms with Gasteiger partial charge in [0.25, 0.3) is 0 Å². The van der Waals surface area contributed by atoms with Crippen molar-refractivity contribution in [2.45, 2.75) is 6.92 Å². The number of carbonyl (C=O) groups excluding carboxylic acids is 1. The molecule has 0 aliphatic rings. The zero-order valence-corrected chi connectivity index (χ0v) is 15.2. The number of hydrogen-bond acceptors (Lipinski definition) is 5. The molecule has 0 atom stereocenters. The number of carbonyl (C=O) groups is 1. The summed E-state index contributed by atoms with van der Waals surface area (Å²) < 4.78 is 5.66. The fourth-order valence-electron chi connectivity index (χ4n) is 1.80. The molecule has 0 saturated carbocycles. The molecule has 2 rings (SSSR count). The maximum Gasteiger partial charge on any atom is 0.239 e. The summed E-state index contributed by atoms with van der Waals surface area (Å²) in [5.74, 6) is 1.53. The van der Waals surface area contributed by atoms with Crippen molar-refractivity contribution in [3.63, 3.8) is 0 Å². The highest BCUT2D eigenvalue weighted by molar-refractivity contribution is 6.42. The highest BCUT2D eigenvalue weighted by Gasteiger charge is 2.09. The van der Waals surface area contributed by atoms with Gasteiger partial charge in [0.05, 0.1) is 22.4 Å². The Morgan fingerprint density at radius 1 is 1.17 bits per heavy atom. The molecule has 1 amide bonds. The number of amides is 1. The number of likely N-dealkylation sites (N-methyl/N-ethyl adjacent to an activating group) is 2. The van der Waals surface area contributed by atoms with Crippen LogP contribution in [0.3, 0.4) is 0 Å². The number of ether oxygens (including phenoxy) is 1. The van der Waals surface area contributed by atoms with Crippen molar-refractivity contribution in [3.05, 3.63) is 40.6 Å². The Hall–Kier alpha value is -2.05. The SMILES string of the molecule is CC(=O)N(C)CCN(C)c1cncc(Oc2ccc(Cl)c(Cl)c2)n1. The first kappa shape index (κ1) is 18.3. The number of nitrogens with zero attached hydrogens (tertiary/aromatic N) is 4. The second-order valence-corrected chi connectivity index (χ2v) is 6.07. The first-order valence-corrected chi connectivity index (χ1v) is 8.00. The van der Waals surface area contributed by atoms with Gasteiger partial charge in [0, 0.05) is 40.2 Å². The van der Waals surface area contributed by atoms with E-state index in [1.54, 1.807) is 36.3 Å². The van der Waals surface area contributed by atoms with Crippen LogP contribution in [0.4, 0.5) is 5.82 Å². The maximum atomic E-state index is 11.2. The minimum Gasteiger partial charge on any atom is -0.437 e. The summed E-state index contributed by atoms with van der Waals surface area (Å²) in [6.45, 7) is 2.75. The van der Waals surface area contributed by atoms with Crippen molar-refractivity contribution >= 4 is 34.9 Å². The van der Waals surface area contributed by atoms with Crippen LogP contribution < -0.4 is 9.64 Å². The molecule has 6 nitrogen and oxygen atoms in total. The first-order valence-electron chi connectivity index (χ1n) is 7.24. The van der Waals surface area contributed by atoms with Crippen LogP contribution in [-0.4, -0.2) is 48.0 Å². The van der Waals surface area contributed by atoms with Gasteiger partial charge in [-0.2, -0.15) is 4.98 Å². The standard InChI is InChI=1S/C16H18Cl2N4O2/c1-11(23)21(2)6-7-22(3)15-9-19-10-16(20-15)24-12-4-5-13(17)14(18)8-12/h4-5,8-10H,6-7H2,1-3H3. The lowest BCUT2D eigenvalue weighted by atomic mass is 10.3. The third-order valence-corrected chi connectivity index (χ3v) is 4.15. The largest absolute Gasteiger partial charge is 0.437 e. The summed E-state index contributed by atoms with van der Waals surface area (Å²) in [4.78, 5) is 23.3. The molecule has 0 spiro atoms. The number of rotatable bonds is 6. The van der Waals surface area contributed by atoms with E-state index in [1.807, 2.05) is 11.9 Å². The second kappa shape index (κ2) is 8.17. The van der Waals surface area contributed by atoms with Gasteiger partial charge in [-0.15, -0.1) is 0 Å². The van der Waals surface area contributed by atoms with Crippen LogP contribution in [0.5, 0.6) is 11.6 Å². The molecule has 0 fully saturated rings. The van der Waals surface area contributed by atoms with Gasteiger partial charge >= 0.3 is 0 Å². The molecule has 0 N–H and O–H groups in total. The topological polar surface area (TPSA) is 58.6 Å². The molecule has 1 heterocycles. The Bertz CT molecular complexity index is 727. The third kappa shape index (κ3) is 4.97. The number of anilines is 1. The zero-order valence-electron chi connectivity index (χ0n) is 13.7. The summed E-state index contributed by atoms with van der Waals surface area (Å²) >= 11 is 11.9.